The lowest BCUT2D eigenvalue weighted by atomic mass is 10.3. The molecule has 0 N–H and O–H groups in total. The molecule has 0 aliphatic carbocycles. The van der Waals surface area contributed by atoms with Crippen LogP contribution in [-0.2, 0) is 9.53 Å². The summed E-state index contributed by atoms with van der Waals surface area (Å²) in [6.45, 7) is 3.48. The number of ether oxygens (including phenoxy) is 1. The predicted octanol–water partition coefficient (Wildman–Crippen LogP) is 2.06. The number of esters is 1. The summed E-state index contributed by atoms with van der Waals surface area (Å²) in [4.78, 5) is 21.8. The van der Waals surface area contributed by atoms with Crippen LogP contribution in [0.25, 0.3) is 6.08 Å². The fourth-order valence-corrected chi connectivity index (χ4v) is 0.972. The summed E-state index contributed by atoms with van der Waals surface area (Å²) < 4.78 is 9.81. The van der Waals surface area contributed by atoms with Gasteiger partial charge in [-0.1, -0.05) is 0 Å². The minimum absolute atomic E-state index is 0.147. The summed E-state index contributed by atoms with van der Waals surface area (Å²) in [6.07, 6.45) is 2.72. The van der Waals surface area contributed by atoms with E-state index in [1.54, 1.807) is 19.1 Å². The number of ketones is 1. The van der Waals surface area contributed by atoms with Crippen molar-refractivity contribution in [2.24, 2.45) is 0 Å². The molecule has 0 bridgehead atoms. The molecule has 0 unspecified atom stereocenters. The molecular weight excluding hydrogens is 196 g/mol. The largest absolute Gasteiger partial charge is 0.463 e. The van der Waals surface area contributed by atoms with Crippen molar-refractivity contribution in [3.8, 4) is 0 Å². The number of rotatable bonds is 4. The zero-order valence-corrected chi connectivity index (χ0v) is 8.65. The van der Waals surface area contributed by atoms with E-state index in [0.717, 1.165) is 0 Å². The van der Waals surface area contributed by atoms with Crippen LogP contribution in [0.1, 0.15) is 30.2 Å². The highest BCUT2D eigenvalue weighted by Crippen LogP contribution is 2.10. The Kier molecular flexibility index (Phi) is 3.85. The Balaban J connectivity index is 2.64. The van der Waals surface area contributed by atoms with Crippen LogP contribution >= 0.6 is 0 Å². The van der Waals surface area contributed by atoms with E-state index in [1.807, 2.05) is 0 Å². The maximum atomic E-state index is 10.9. The van der Waals surface area contributed by atoms with Crippen LogP contribution in [0.15, 0.2) is 22.6 Å². The normalized spacial score (nSPS) is 10.5. The van der Waals surface area contributed by atoms with Gasteiger partial charge in [-0.3, -0.25) is 4.79 Å². The van der Waals surface area contributed by atoms with Crippen LogP contribution in [-0.4, -0.2) is 18.4 Å². The Morgan fingerprint density at radius 3 is 2.73 bits per heavy atom. The van der Waals surface area contributed by atoms with Gasteiger partial charge in [0.25, 0.3) is 0 Å². The van der Waals surface area contributed by atoms with E-state index in [1.165, 1.54) is 19.1 Å². The summed E-state index contributed by atoms with van der Waals surface area (Å²) in [5, 5.41) is 0. The van der Waals surface area contributed by atoms with Gasteiger partial charge in [0.2, 0.25) is 0 Å². The number of carbonyl (C=O) groups excluding carboxylic acids is 2. The van der Waals surface area contributed by atoms with E-state index in [4.69, 9.17) is 4.42 Å². The standard InChI is InChI=1S/C11H12O4/c1-3-14-11(13)7-5-9-4-6-10(15-9)8(2)12/h4-7H,3H2,1-2H3. The van der Waals surface area contributed by atoms with Crippen LogP contribution in [0.4, 0.5) is 0 Å². The fraction of sp³-hybridized carbons (Fsp3) is 0.273. The Morgan fingerprint density at radius 2 is 2.20 bits per heavy atom. The quantitative estimate of drug-likeness (QED) is 0.431. The molecule has 1 heterocycles. The van der Waals surface area contributed by atoms with Gasteiger partial charge in [-0.15, -0.1) is 0 Å². The summed E-state index contributed by atoms with van der Waals surface area (Å²) in [6, 6.07) is 3.18. The van der Waals surface area contributed by atoms with Gasteiger partial charge < -0.3 is 9.15 Å². The molecular formula is C11H12O4. The molecule has 0 fully saturated rings. The molecule has 0 aromatic carbocycles. The van der Waals surface area contributed by atoms with Crippen LogP contribution in [0.3, 0.4) is 0 Å². The summed E-state index contributed by atoms with van der Waals surface area (Å²) >= 11 is 0. The third-order valence-corrected chi connectivity index (χ3v) is 1.64. The van der Waals surface area contributed by atoms with Crippen LogP contribution in [0.5, 0.6) is 0 Å². The lowest BCUT2D eigenvalue weighted by Gasteiger charge is -1.93. The molecule has 80 valence electrons. The van der Waals surface area contributed by atoms with Crippen LogP contribution in [0, 0.1) is 0 Å². The van der Waals surface area contributed by atoms with Crippen molar-refractivity contribution in [2.75, 3.05) is 6.61 Å². The summed E-state index contributed by atoms with van der Waals surface area (Å²) in [5.41, 5.74) is 0. The minimum atomic E-state index is -0.432. The van der Waals surface area contributed by atoms with Gasteiger partial charge in [0, 0.05) is 13.0 Å². The maximum absolute atomic E-state index is 10.9. The summed E-state index contributed by atoms with van der Waals surface area (Å²) in [7, 11) is 0. The monoisotopic (exact) mass is 208 g/mol. The van der Waals surface area contributed by atoms with Crippen molar-refractivity contribution in [1.82, 2.24) is 0 Å². The van der Waals surface area contributed by atoms with Crippen molar-refractivity contribution in [3.63, 3.8) is 0 Å². The highest BCUT2D eigenvalue weighted by atomic mass is 16.5. The van der Waals surface area contributed by atoms with Crippen molar-refractivity contribution >= 4 is 17.8 Å². The molecule has 4 heteroatoms. The van der Waals surface area contributed by atoms with Gasteiger partial charge >= 0.3 is 5.97 Å². The van der Waals surface area contributed by atoms with Crippen molar-refractivity contribution in [3.05, 3.63) is 29.7 Å². The average molecular weight is 208 g/mol. The molecule has 1 rings (SSSR count). The topological polar surface area (TPSA) is 56.5 Å². The first-order chi connectivity index (χ1) is 7.13. The highest BCUT2D eigenvalue weighted by molar-refractivity contribution is 5.91. The number of hydrogen-bond donors (Lipinski definition) is 0. The Morgan fingerprint density at radius 1 is 1.47 bits per heavy atom. The third-order valence-electron chi connectivity index (χ3n) is 1.64. The van der Waals surface area contributed by atoms with Crippen molar-refractivity contribution in [2.45, 2.75) is 13.8 Å². The van der Waals surface area contributed by atoms with Gasteiger partial charge in [-0.25, -0.2) is 4.79 Å². The molecule has 0 amide bonds. The molecule has 0 aliphatic heterocycles. The lowest BCUT2D eigenvalue weighted by molar-refractivity contribution is -0.137. The van der Waals surface area contributed by atoms with Crippen LogP contribution in [0.2, 0.25) is 0 Å². The molecule has 0 radical (unpaired) electrons. The smallest absolute Gasteiger partial charge is 0.330 e. The second-order valence-corrected chi connectivity index (χ2v) is 2.84. The first-order valence-electron chi connectivity index (χ1n) is 4.59. The Labute approximate surface area is 87.5 Å². The molecule has 1 aromatic heterocycles. The SMILES string of the molecule is CCOC(=O)C=Cc1ccc(C(C)=O)o1. The van der Waals surface area contributed by atoms with Gasteiger partial charge in [0.15, 0.2) is 11.5 Å². The molecule has 0 atom stereocenters. The fourth-order valence-electron chi connectivity index (χ4n) is 0.972. The Hall–Kier alpha value is -1.84. The number of furan rings is 1. The Bertz CT molecular complexity index is 387. The molecule has 1 aromatic rings. The second-order valence-electron chi connectivity index (χ2n) is 2.84. The molecule has 0 saturated carbocycles. The van der Waals surface area contributed by atoms with E-state index < -0.39 is 5.97 Å². The molecule has 0 spiro atoms. The second kappa shape index (κ2) is 5.14. The van der Waals surface area contributed by atoms with Gasteiger partial charge in [-0.05, 0) is 25.1 Å². The number of carbonyl (C=O) groups is 2. The highest BCUT2D eigenvalue weighted by Gasteiger charge is 2.04. The average Bonchev–Trinajstić information content (AvgIpc) is 2.63. The number of hydrogen-bond acceptors (Lipinski definition) is 4. The van der Waals surface area contributed by atoms with Crippen molar-refractivity contribution in [1.29, 1.82) is 0 Å². The van der Waals surface area contributed by atoms with Gasteiger partial charge in [0.05, 0.1) is 6.61 Å². The predicted molar refractivity (Wildman–Crippen MR) is 54.4 cm³/mol. The number of Topliss-reactive ketones (excluding diaryl/α,β-unsaturated/α-hetero) is 1. The van der Waals surface area contributed by atoms with E-state index in [2.05, 4.69) is 4.74 Å². The molecule has 4 nitrogen and oxygen atoms in total. The minimum Gasteiger partial charge on any atom is -0.463 e. The van der Waals surface area contributed by atoms with E-state index in [9.17, 15) is 9.59 Å². The van der Waals surface area contributed by atoms with E-state index in [-0.39, 0.29) is 11.5 Å². The zero-order chi connectivity index (χ0) is 11.3. The van der Waals surface area contributed by atoms with E-state index >= 15 is 0 Å². The molecule has 0 aliphatic rings. The first kappa shape index (κ1) is 11.2. The van der Waals surface area contributed by atoms with Gasteiger partial charge in [0.1, 0.15) is 5.76 Å². The maximum Gasteiger partial charge on any atom is 0.330 e. The molecule has 0 saturated heterocycles. The summed E-state index contributed by atoms with van der Waals surface area (Å²) in [5.74, 6) is 0.149. The van der Waals surface area contributed by atoms with E-state index in [0.29, 0.717) is 12.4 Å². The van der Waals surface area contributed by atoms with Crippen molar-refractivity contribution < 1.29 is 18.7 Å². The third kappa shape index (κ3) is 3.42. The zero-order valence-electron chi connectivity index (χ0n) is 8.65. The van der Waals surface area contributed by atoms with Crippen LogP contribution < -0.4 is 0 Å². The van der Waals surface area contributed by atoms with Gasteiger partial charge in [-0.2, -0.15) is 0 Å². The molecule has 15 heavy (non-hydrogen) atoms. The first-order valence-corrected chi connectivity index (χ1v) is 4.59. The lowest BCUT2D eigenvalue weighted by Crippen LogP contribution is -1.98.